The van der Waals surface area contributed by atoms with Crippen LogP contribution >= 0.6 is 0 Å². The maximum absolute atomic E-state index is 12.3. The molecular formula is C64H65K5N4O23. The van der Waals surface area contributed by atoms with Gasteiger partial charge < -0.3 is 112 Å². The molecule has 484 valence electrons. The molecule has 8 aromatic rings. The minimum absolute atomic E-state index is 0. The monoisotopic (exact) mass is 1450 g/mol. The fourth-order valence-corrected chi connectivity index (χ4v) is 8.57. The van der Waals surface area contributed by atoms with Crippen molar-refractivity contribution in [3.8, 4) is 57.0 Å². The number of anilines is 2. The van der Waals surface area contributed by atoms with Gasteiger partial charge in [0.15, 0.2) is 29.6 Å². The van der Waals surface area contributed by atoms with Crippen molar-refractivity contribution >= 4 is 80.9 Å². The summed E-state index contributed by atoms with van der Waals surface area (Å²) in [6, 6.07) is 36.4. The van der Waals surface area contributed by atoms with Gasteiger partial charge >= 0.3 is 281 Å². The van der Waals surface area contributed by atoms with Crippen molar-refractivity contribution in [2.24, 2.45) is 0 Å². The zero-order chi connectivity index (χ0) is 63.3. The Morgan fingerprint density at radius 3 is 1.12 bits per heavy atom. The largest absolute Gasteiger partial charge is 1.00 e. The third-order valence-electron chi connectivity index (χ3n) is 12.7. The standard InChI is InChI=1S/C33H34N2O11.C29H26N2O11.2CH4.5K.H2O/c1-40-30(36)18-35(19-31(37)41-2)26-12-11-22(24-15-21-9-10-23(33(39)43-4)16-25(21)34-24)17-29(26)45-14-13-44-27-7-5-6-8-28(27)46-20-32(38)42-3;32-26(33)14-31(15-27(34)35)22-8-7-18(20-11-17-5-6-19(29(38)39)12-21(17)30-20)13-25(22)41-10-9-40-23-3-1-2-4-24(23)42-16-28(36)37;;;;;;;;/h5-12,15-17,34H,13-14,18-20H2,1-4H3;1-8,11-13,30H,9-10,14-16H2,(H,32,33)(H,34,35)(H,36,37)(H,38,39);2*1H4;;;;;;1H2/q;;;;5*+1;/p-5. The molecule has 2 aromatic heterocycles. The molecule has 0 aliphatic carbocycles. The van der Waals surface area contributed by atoms with Gasteiger partial charge in [-0.25, -0.2) is 9.59 Å². The Morgan fingerprint density at radius 2 is 0.750 bits per heavy atom. The average molecular weight is 1450 g/mol. The van der Waals surface area contributed by atoms with Crippen molar-refractivity contribution in [2.45, 2.75) is 14.9 Å². The van der Waals surface area contributed by atoms with E-state index in [9.17, 15) is 58.8 Å². The summed E-state index contributed by atoms with van der Waals surface area (Å²) >= 11 is 0. The van der Waals surface area contributed by atoms with Crippen LogP contribution in [0.25, 0.3) is 44.3 Å². The number of nitrogens with one attached hydrogen (secondary N) is 2. The normalized spacial score (nSPS) is 9.71. The number of hydrogen-bond donors (Lipinski definition) is 2. The first-order chi connectivity index (χ1) is 42.4. The van der Waals surface area contributed by atoms with E-state index in [4.69, 9.17) is 42.6 Å². The quantitative estimate of drug-likeness (QED) is 0.0183. The van der Waals surface area contributed by atoms with E-state index < -0.39 is 67.5 Å². The van der Waals surface area contributed by atoms with Crippen LogP contribution in [0.5, 0.6) is 34.5 Å². The van der Waals surface area contributed by atoms with Crippen LogP contribution in [0.3, 0.4) is 0 Å². The number of para-hydroxylation sites is 4. The minimum atomic E-state index is -1.53. The molecule has 0 aliphatic rings. The van der Waals surface area contributed by atoms with E-state index in [1.54, 1.807) is 97.1 Å². The van der Waals surface area contributed by atoms with Crippen molar-refractivity contribution in [1.82, 2.24) is 9.97 Å². The molecule has 3 N–H and O–H groups in total. The van der Waals surface area contributed by atoms with Crippen LogP contribution in [0.15, 0.2) is 133 Å². The summed E-state index contributed by atoms with van der Waals surface area (Å²) in [5.41, 5.74) is 4.80. The van der Waals surface area contributed by atoms with Gasteiger partial charge in [-0.1, -0.05) is 69.5 Å². The Labute approximate surface area is 765 Å². The zero-order valence-corrected chi connectivity index (χ0v) is 68.7. The molecule has 96 heavy (non-hydrogen) atoms. The molecule has 0 saturated carbocycles. The smallest absolute Gasteiger partial charge is 0.870 e. The number of aliphatic carboxylic acids is 3. The van der Waals surface area contributed by atoms with E-state index in [0.29, 0.717) is 50.7 Å². The van der Waals surface area contributed by atoms with Gasteiger partial charge in [-0.3, -0.25) is 9.59 Å². The number of H-pyrrole nitrogens is 2. The van der Waals surface area contributed by atoms with Gasteiger partial charge in [0.1, 0.15) is 57.6 Å². The second-order valence-electron chi connectivity index (χ2n) is 18.5. The Balaban J connectivity index is 0. The average Bonchev–Trinajstić information content (AvgIpc) is 1.60. The molecule has 0 fully saturated rings. The molecule has 0 spiro atoms. The first-order valence-corrected chi connectivity index (χ1v) is 26.5. The number of fused-ring (bicyclic) bond motifs is 2. The molecule has 0 saturated heterocycles. The van der Waals surface area contributed by atoms with Crippen molar-refractivity contribution in [3.05, 3.63) is 145 Å². The minimum Gasteiger partial charge on any atom is -0.870 e. The van der Waals surface area contributed by atoms with Crippen molar-refractivity contribution < 1.29 is 369 Å². The topological polar surface area (TPSA) is 389 Å². The second kappa shape index (κ2) is 48.5. The van der Waals surface area contributed by atoms with E-state index in [1.807, 2.05) is 12.1 Å². The number of benzene rings is 6. The summed E-state index contributed by atoms with van der Waals surface area (Å²) in [6.07, 6.45) is 0. The summed E-state index contributed by atoms with van der Waals surface area (Å²) in [7, 11) is 5.10. The number of methoxy groups -OCH3 is 4. The van der Waals surface area contributed by atoms with Crippen LogP contribution in [0, 0.1) is 0 Å². The molecule has 0 unspecified atom stereocenters. The van der Waals surface area contributed by atoms with E-state index >= 15 is 0 Å². The fraction of sp³-hybridized carbons (Fsp3) is 0.250. The van der Waals surface area contributed by atoms with E-state index in [-0.39, 0.29) is 352 Å². The Hall–Kier alpha value is -3.30. The number of esters is 4. The van der Waals surface area contributed by atoms with Crippen LogP contribution in [0.4, 0.5) is 11.4 Å². The van der Waals surface area contributed by atoms with E-state index in [1.165, 1.54) is 57.6 Å². The molecular weight excluding hydrogens is 1390 g/mol. The number of carbonyl (C=O) groups is 8. The molecule has 0 amide bonds. The zero-order valence-electron chi connectivity index (χ0n) is 53.1. The molecule has 8 rings (SSSR count). The van der Waals surface area contributed by atoms with E-state index in [0.717, 1.165) is 27.1 Å². The van der Waals surface area contributed by atoms with Gasteiger partial charge in [-0.05, 0) is 84.4 Å². The number of nitrogens with zero attached hydrogens (tertiary/aromatic N) is 2. The van der Waals surface area contributed by atoms with Crippen molar-refractivity contribution in [2.75, 3.05) is 104 Å². The first-order valence-electron chi connectivity index (χ1n) is 26.5. The SMILES string of the molecule is C.C.COC(=O)COc1ccccc1OCCOc1cc(-c2cc3ccc(C(=O)OC)cc3[nH]2)ccc1N(CC(=O)OC)CC(=O)OC.O=C([O-])COc1ccccc1OCCOc1cc(-c2cc3ccc(C(=O)[O-])cc3[nH]2)ccc1N(CC(=O)[O-])CC(=O)[O-].[K+].[K+].[K+].[K+].[K+].[OH-]. The molecule has 27 nitrogen and oxygen atoms in total. The Kier molecular flexibility index (Phi) is 47.9. The summed E-state index contributed by atoms with van der Waals surface area (Å²) < 4.78 is 53.4. The molecule has 0 radical (unpaired) electrons. The van der Waals surface area contributed by atoms with Gasteiger partial charge in [-0.2, -0.15) is 0 Å². The predicted molar refractivity (Wildman–Crippen MR) is 320 cm³/mol. The number of carboxylic acid groups (broad SMARTS) is 4. The maximum Gasteiger partial charge on any atom is 1.00 e. The first kappa shape index (κ1) is 94.8. The maximum atomic E-state index is 12.3. The molecule has 0 aliphatic heterocycles. The van der Waals surface area contributed by atoms with Crippen LogP contribution in [0.2, 0.25) is 0 Å². The molecule has 2 heterocycles. The Bertz CT molecular complexity index is 3810. The summed E-state index contributed by atoms with van der Waals surface area (Å²) in [5, 5.41) is 46.3. The summed E-state index contributed by atoms with van der Waals surface area (Å²) in [4.78, 5) is 102. The fourth-order valence-electron chi connectivity index (χ4n) is 8.57. The number of carboxylic acids is 4. The van der Waals surface area contributed by atoms with Gasteiger partial charge in [0.25, 0.3) is 0 Å². The summed E-state index contributed by atoms with van der Waals surface area (Å²) in [5.74, 6) is -6.31. The van der Waals surface area contributed by atoms with E-state index in [2.05, 4.69) is 14.7 Å². The van der Waals surface area contributed by atoms with Crippen LogP contribution in [0.1, 0.15) is 35.6 Å². The van der Waals surface area contributed by atoms with Crippen LogP contribution in [-0.4, -0.2) is 157 Å². The van der Waals surface area contributed by atoms with Crippen molar-refractivity contribution in [1.29, 1.82) is 0 Å². The summed E-state index contributed by atoms with van der Waals surface area (Å²) in [6.45, 7) is -2.99. The number of hydrogen-bond acceptors (Lipinski definition) is 25. The number of aromatic nitrogens is 2. The van der Waals surface area contributed by atoms with Gasteiger partial charge in [0.2, 0.25) is 0 Å². The number of ether oxygens (including phenoxy) is 10. The van der Waals surface area contributed by atoms with Gasteiger partial charge in [0, 0.05) is 44.3 Å². The third-order valence-corrected chi connectivity index (χ3v) is 12.7. The molecule has 32 heteroatoms. The number of carbonyl (C=O) groups excluding carboxylic acids is 8. The number of aromatic amines is 2. The molecule has 0 atom stereocenters. The van der Waals surface area contributed by atoms with Crippen LogP contribution in [-0.2, 0) is 47.7 Å². The van der Waals surface area contributed by atoms with Gasteiger partial charge in [-0.15, -0.1) is 0 Å². The predicted octanol–water partition coefficient (Wildman–Crippen LogP) is -12.0. The second-order valence-corrected chi connectivity index (χ2v) is 18.5. The molecule has 6 aromatic carbocycles. The Morgan fingerprint density at radius 1 is 0.385 bits per heavy atom. The molecule has 0 bridgehead atoms. The van der Waals surface area contributed by atoms with Crippen molar-refractivity contribution in [3.63, 3.8) is 0 Å². The van der Waals surface area contributed by atoms with Gasteiger partial charge in [0.05, 0.1) is 82.3 Å². The third kappa shape index (κ3) is 29.0. The van der Waals surface area contributed by atoms with Crippen LogP contribution < -0.4 is 316 Å². The number of aromatic carboxylic acids is 1. The number of rotatable bonds is 30.